The van der Waals surface area contributed by atoms with Crippen LogP contribution in [0.1, 0.15) is 39.9 Å². The van der Waals surface area contributed by atoms with Crippen molar-refractivity contribution in [2.45, 2.75) is 19.8 Å². The van der Waals surface area contributed by atoms with E-state index < -0.39 is 28.9 Å². The van der Waals surface area contributed by atoms with Gasteiger partial charge in [-0.15, -0.1) is 0 Å². The van der Waals surface area contributed by atoms with Gasteiger partial charge in [0.25, 0.3) is 22.6 Å². The van der Waals surface area contributed by atoms with Gasteiger partial charge in [-0.25, -0.2) is 14.2 Å². The zero-order valence-electron chi connectivity index (χ0n) is 22.8. The molecule has 6 rings (SSSR count). The summed E-state index contributed by atoms with van der Waals surface area (Å²) in [5, 5.41) is 27.4. The third-order valence-corrected chi connectivity index (χ3v) is 7.50. The molecule has 0 saturated carbocycles. The summed E-state index contributed by atoms with van der Waals surface area (Å²) >= 11 is 0. The van der Waals surface area contributed by atoms with Crippen LogP contribution in [0.15, 0.2) is 80.6 Å². The Labute approximate surface area is 241 Å². The minimum Gasteiger partial charge on any atom is -0.508 e. The number of rotatable bonds is 5. The van der Waals surface area contributed by atoms with Crippen LogP contribution in [0.5, 0.6) is 5.75 Å². The lowest BCUT2D eigenvalue weighted by atomic mass is 9.90. The van der Waals surface area contributed by atoms with Gasteiger partial charge >= 0.3 is 5.97 Å². The number of aromatic amines is 3. The first-order valence-electron chi connectivity index (χ1n) is 13.1. The van der Waals surface area contributed by atoms with Gasteiger partial charge in [0.05, 0.1) is 27.9 Å². The molecule has 1 amide bonds. The smallest absolute Gasteiger partial charge is 0.335 e. The van der Waals surface area contributed by atoms with Crippen LogP contribution in [0, 0.1) is 6.92 Å². The molecule has 3 aromatic heterocycles. The predicted octanol–water partition coefficient (Wildman–Crippen LogP) is 2.89. The number of nitrogens with zero attached hydrogens (tertiary/aromatic N) is 2. The molecular weight excluding hydrogens is 556 g/mol. The molecule has 13 nitrogen and oxygen atoms in total. The number of amides is 1. The molecule has 216 valence electrons. The van der Waals surface area contributed by atoms with E-state index in [4.69, 9.17) is 5.11 Å². The molecule has 0 spiro atoms. The first-order valence-corrected chi connectivity index (χ1v) is 13.1. The van der Waals surface area contributed by atoms with Gasteiger partial charge in [-0.1, -0.05) is 19.1 Å². The quantitative estimate of drug-likeness (QED) is 0.172. The fourth-order valence-corrected chi connectivity index (χ4v) is 5.23. The Morgan fingerprint density at radius 2 is 1.53 bits per heavy atom. The minimum absolute atomic E-state index is 0.0504. The fourth-order valence-electron chi connectivity index (χ4n) is 5.23. The number of aromatic carboxylic acids is 1. The van der Waals surface area contributed by atoms with E-state index in [1.165, 1.54) is 64.0 Å². The summed E-state index contributed by atoms with van der Waals surface area (Å²) in [7, 11) is 0. The highest BCUT2D eigenvalue weighted by molar-refractivity contribution is 6.07. The van der Waals surface area contributed by atoms with E-state index in [1.807, 2.05) is 0 Å². The van der Waals surface area contributed by atoms with Crippen molar-refractivity contribution in [3.05, 3.63) is 120 Å². The van der Waals surface area contributed by atoms with E-state index in [-0.39, 0.29) is 39.3 Å². The molecule has 1 unspecified atom stereocenters. The highest BCUT2D eigenvalue weighted by atomic mass is 16.4. The van der Waals surface area contributed by atoms with Crippen LogP contribution in [-0.2, 0) is 4.79 Å². The van der Waals surface area contributed by atoms with Gasteiger partial charge in [-0.05, 0) is 67.1 Å². The summed E-state index contributed by atoms with van der Waals surface area (Å²) in [4.78, 5) is 66.2. The number of allylic oxidation sites excluding steroid dienone is 2. The first kappa shape index (κ1) is 27.1. The summed E-state index contributed by atoms with van der Waals surface area (Å²) < 4.78 is 2.49. The Morgan fingerprint density at radius 3 is 2.19 bits per heavy atom. The number of carboxylic acids is 1. The van der Waals surface area contributed by atoms with E-state index >= 15 is 0 Å². The Kier molecular flexibility index (Phi) is 6.34. The number of benzene rings is 2. The third kappa shape index (κ3) is 4.48. The largest absolute Gasteiger partial charge is 0.508 e. The summed E-state index contributed by atoms with van der Waals surface area (Å²) in [6.45, 7) is 3.36. The molecule has 0 aliphatic carbocycles. The lowest BCUT2D eigenvalue weighted by Crippen LogP contribution is -2.28. The zero-order chi connectivity index (χ0) is 30.6. The van der Waals surface area contributed by atoms with Crippen molar-refractivity contribution in [2.24, 2.45) is 0 Å². The van der Waals surface area contributed by atoms with E-state index in [0.29, 0.717) is 28.1 Å². The van der Waals surface area contributed by atoms with Gasteiger partial charge in [0.1, 0.15) is 17.2 Å². The Balaban J connectivity index is 1.34. The molecule has 1 atom stereocenters. The third-order valence-electron chi connectivity index (χ3n) is 7.50. The molecule has 1 aliphatic rings. The van der Waals surface area contributed by atoms with Gasteiger partial charge in [0.15, 0.2) is 0 Å². The number of anilines is 1. The number of hydrogen-bond donors (Lipinski definition) is 6. The second-order valence-corrected chi connectivity index (χ2v) is 10.1. The average Bonchev–Trinajstić information content (AvgIpc) is 3.48. The maximum Gasteiger partial charge on any atom is 0.335 e. The normalized spacial score (nSPS) is 15.7. The number of carboxylic acid groups (broad SMARTS) is 1. The first-order chi connectivity index (χ1) is 20.5. The van der Waals surface area contributed by atoms with Crippen LogP contribution in [0.3, 0.4) is 0 Å². The van der Waals surface area contributed by atoms with Crippen molar-refractivity contribution in [1.29, 1.82) is 0 Å². The van der Waals surface area contributed by atoms with E-state index in [0.717, 1.165) is 0 Å². The highest BCUT2D eigenvalue weighted by Gasteiger charge is 2.32. The lowest BCUT2D eigenvalue weighted by molar-refractivity contribution is -0.113. The number of pyridine rings is 1. The molecule has 6 N–H and O–H groups in total. The molecular formula is C30H24N6O7. The molecule has 4 heterocycles. The van der Waals surface area contributed by atoms with Crippen LogP contribution in [0.25, 0.3) is 28.5 Å². The molecule has 5 aromatic rings. The maximum atomic E-state index is 13.3. The second-order valence-electron chi connectivity index (χ2n) is 10.1. The Hall–Kier alpha value is -6.11. The zero-order valence-corrected chi connectivity index (χ0v) is 22.8. The van der Waals surface area contributed by atoms with Crippen LogP contribution < -0.4 is 22.0 Å². The van der Waals surface area contributed by atoms with Crippen molar-refractivity contribution in [1.82, 2.24) is 24.5 Å². The van der Waals surface area contributed by atoms with Gasteiger partial charge < -0.3 is 20.5 Å². The van der Waals surface area contributed by atoms with Gasteiger partial charge in [0, 0.05) is 17.1 Å². The molecule has 43 heavy (non-hydrogen) atoms. The Bertz CT molecular complexity index is 2190. The number of nitrogens with one attached hydrogen (secondary N) is 4. The summed E-state index contributed by atoms with van der Waals surface area (Å²) in [6, 6.07) is 11.7. The summed E-state index contributed by atoms with van der Waals surface area (Å²) in [5.41, 5.74) is 1.12. The van der Waals surface area contributed by atoms with Gasteiger partial charge in [0.2, 0.25) is 0 Å². The predicted molar refractivity (Wildman–Crippen MR) is 158 cm³/mol. The van der Waals surface area contributed by atoms with Crippen molar-refractivity contribution >= 4 is 34.8 Å². The number of aromatic nitrogens is 5. The lowest BCUT2D eigenvalue weighted by Gasteiger charge is -2.20. The number of aryl methyl sites for hydroxylation is 1. The molecule has 1 aliphatic heterocycles. The van der Waals surface area contributed by atoms with Crippen LogP contribution >= 0.6 is 0 Å². The molecule has 0 radical (unpaired) electrons. The summed E-state index contributed by atoms with van der Waals surface area (Å²) in [5.74, 6) is -1.78. The SMILES string of the molecule is Cc1c(C=CC=C2C(=O)Nc3[nH]n(-c4ccc(O)cc4)c(=O)c3C2C)c(=O)[nH]c2[nH]n(-c3ccc(C(=O)O)cc3)c(=O)c12. The average molecular weight is 581 g/mol. The van der Waals surface area contributed by atoms with E-state index in [2.05, 4.69) is 20.5 Å². The number of carbonyl (C=O) groups is 2. The molecule has 13 heteroatoms. The maximum absolute atomic E-state index is 13.3. The molecule has 0 fully saturated rings. The number of H-pyrrole nitrogens is 3. The van der Waals surface area contributed by atoms with Crippen LogP contribution in [0.2, 0.25) is 0 Å². The van der Waals surface area contributed by atoms with E-state index in [1.54, 1.807) is 26.0 Å². The molecule has 0 saturated heterocycles. The Morgan fingerprint density at radius 1 is 0.907 bits per heavy atom. The van der Waals surface area contributed by atoms with Crippen molar-refractivity contribution < 1.29 is 19.8 Å². The molecule has 2 aromatic carbocycles. The van der Waals surface area contributed by atoms with Gasteiger partial charge in [-0.2, -0.15) is 0 Å². The van der Waals surface area contributed by atoms with Gasteiger partial charge in [-0.3, -0.25) is 29.4 Å². The topological polar surface area (TPSA) is 195 Å². The van der Waals surface area contributed by atoms with Crippen molar-refractivity contribution in [2.75, 3.05) is 5.32 Å². The monoisotopic (exact) mass is 580 g/mol. The van der Waals surface area contributed by atoms with Crippen molar-refractivity contribution in [3.8, 4) is 17.1 Å². The molecule has 0 bridgehead atoms. The number of aromatic hydroxyl groups is 1. The van der Waals surface area contributed by atoms with E-state index in [9.17, 15) is 29.1 Å². The summed E-state index contributed by atoms with van der Waals surface area (Å²) in [6.07, 6.45) is 4.52. The fraction of sp³-hybridized carbons (Fsp3) is 0.100. The van der Waals surface area contributed by atoms with Crippen molar-refractivity contribution in [3.63, 3.8) is 0 Å². The van der Waals surface area contributed by atoms with Crippen LogP contribution in [-0.4, -0.2) is 46.6 Å². The standard InChI is InChI=1S/C30H24N6O7/c1-14-20(26(38)31-24-22(14)28(40)35(33-24)17-8-6-16(7-9-17)30(42)43)4-3-5-21-15(2)23-25(32-27(21)39)34-36(29(23)41)18-10-12-19(37)13-11-18/h3-13,15,34,37H,1-2H3,(H,32,39)(H,42,43)(H2,31,33,38). The van der Waals surface area contributed by atoms with Crippen LogP contribution in [0.4, 0.5) is 5.82 Å². The second kappa shape index (κ2) is 10.1. The number of hydrogen-bond acceptors (Lipinski definition) is 6. The highest BCUT2D eigenvalue weighted by Crippen LogP contribution is 2.32. The number of fused-ring (bicyclic) bond motifs is 2. The number of carbonyl (C=O) groups excluding carboxylic acids is 1. The number of phenols is 1. The number of phenolic OH excluding ortho intramolecular Hbond substituents is 1. The minimum atomic E-state index is -1.10.